The molecule has 284 valence electrons. The van der Waals surface area contributed by atoms with E-state index >= 15 is 0 Å². The van der Waals surface area contributed by atoms with Gasteiger partial charge >= 0.3 is 0 Å². The average Bonchev–Trinajstić information content (AvgIpc) is 3.17. The highest BCUT2D eigenvalue weighted by Gasteiger charge is 2.19. The Bertz CT molecular complexity index is 1880. The molecule has 0 saturated carbocycles. The number of hydrogen-bond acceptors (Lipinski definition) is 4. The molecule has 7 heteroatoms. The van der Waals surface area contributed by atoms with Crippen molar-refractivity contribution in [3.05, 3.63) is 106 Å². The predicted octanol–water partition coefficient (Wildman–Crippen LogP) is 14.5. The Hall–Kier alpha value is -3.93. The van der Waals surface area contributed by atoms with Crippen LogP contribution in [0.15, 0.2) is 84.9 Å². The topological polar surface area (TPSA) is 78.8 Å². The largest absolute Gasteiger partial charge is 0.507 e. The van der Waals surface area contributed by atoms with Crippen LogP contribution >= 0.6 is 23.2 Å². The van der Waals surface area contributed by atoms with Gasteiger partial charge in [0.1, 0.15) is 17.2 Å². The number of fused-ring (bicyclic) bond motifs is 2. The maximum atomic E-state index is 13.2. The first-order chi connectivity index (χ1) is 25.7. The molecule has 1 amide bonds. The Kier molecular flexibility index (Phi) is 17.6. The smallest absolute Gasteiger partial charge is 0.259 e. The number of ether oxygens (including phenoxy) is 1. The van der Waals surface area contributed by atoms with E-state index in [0.717, 1.165) is 16.3 Å². The molecule has 5 nitrogen and oxygen atoms in total. The molecule has 5 aromatic carbocycles. The average molecular weight is 759 g/mol. The van der Waals surface area contributed by atoms with Crippen LogP contribution in [0.4, 0.5) is 5.69 Å². The van der Waals surface area contributed by atoms with Crippen LogP contribution in [0, 0.1) is 12.8 Å². The number of carbonyl (C=O) groups is 1. The lowest BCUT2D eigenvalue weighted by Gasteiger charge is -2.20. The molecule has 53 heavy (non-hydrogen) atoms. The van der Waals surface area contributed by atoms with Gasteiger partial charge in [-0.25, -0.2) is 0 Å². The van der Waals surface area contributed by atoms with Crippen LogP contribution < -0.4 is 10.1 Å². The van der Waals surface area contributed by atoms with Crippen molar-refractivity contribution in [2.24, 2.45) is 5.92 Å². The second kappa shape index (κ2) is 22.3. The Balaban J connectivity index is 0.000000401. The Morgan fingerprint density at radius 3 is 1.70 bits per heavy atom. The molecule has 0 radical (unpaired) electrons. The van der Waals surface area contributed by atoms with Crippen LogP contribution in [0.3, 0.4) is 0 Å². The number of para-hydroxylation sites is 2. The zero-order chi connectivity index (χ0) is 38.0. The van der Waals surface area contributed by atoms with Crippen molar-refractivity contribution in [2.75, 3.05) is 11.9 Å². The molecule has 0 atom stereocenters. The molecule has 0 fully saturated rings. The molecular formula is C46H57Cl2NO4. The quantitative estimate of drug-likeness (QED) is 0.0733. The highest BCUT2D eigenvalue weighted by molar-refractivity contribution is 6.37. The van der Waals surface area contributed by atoms with E-state index in [2.05, 4.69) is 19.2 Å². The third-order valence-electron chi connectivity index (χ3n) is 9.91. The van der Waals surface area contributed by atoms with Gasteiger partial charge in [-0.05, 0) is 55.5 Å². The van der Waals surface area contributed by atoms with E-state index in [1.165, 1.54) is 96.0 Å². The fraction of sp³-hybridized carbons (Fsp3) is 0.413. The fourth-order valence-electron chi connectivity index (χ4n) is 6.77. The van der Waals surface area contributed by atoms with Gasteiger partial charge in [-0.3, -0.25) is 4.79 Å². The van der Waals surface area contributed by atoms with Gasteiger partial charge in [0, 0.05) is 31.6 Å². The van der Waals surface area contributed by atoms with Crippen LogP contribution in [0.1, 0.15) is 120 Å². The highest BCUT2D eigenvalue weighted by Crippen LogP contribution is 2.36. The summed E-state index contributed by atoms with van der Waals surface area (Å²) in [7, 11) is 0. The minimum Gasteiger partial charge on any atom is -0.507 e. The monoisotopic (exact) mass is 757 g/mol. The molecule has 3 N–H and O–H groups in total. The van der Waals surface area contributed by atoms with E-state index in [0.29, 0.717) is 50.5 Å². The van der Waals surface area contributed by atoms with Crippen molar-refractivity contribution in [1.29, 1.82) is 0 Å². The molecule has 0 unspecified atom stereocenters. The van der Waals surface area contributed by atoms with E-state index in [4.69, 9.17) is 27.9 Å². The van der Waals surface area contributed by atoms with Gasteiger partial charge in [0.05, 0.1) is 17.9 Å². The highest BCUT2D eigenvalue weighted by atomic mass is 35.5. The molecule has 0 spiro atoms. The molecule has 0 saturated heterocycles. The van der Waals surface area contributed by atoms with Crippen LogP contribution in [0.2, 0.25) is 10.0 Å². The predicted molar refractivity (Wildman–Crippen MR) is 225 cm³/mol. The van der Waals surface area contributed by atoms with E-state index in [1.54, 1.807) is 12.1 Å². The van der Waals surface area contributed by atoms with Gasteiger partial charge in [-0.15, -0.1) is 0 Å². The zero-order valence-corrected chi connectivity index (χ0v) is 33.2. The van der Waals surface area contributed by atoms with Crippen LogP contribution in [0.25, 0.3) is 21.5 Å². The second-order valence-electron chi connectivity index (χ2n) is 14.1. The van der Waals surface area contributed by atoms with Crippen molar-refractivity contribution in [1.82, 2.24) is 0 Å². The molecule has 0 aliphatic rings. The van der Waals surface area contributed by atoms with Crippen LogP contribution in [-0.2, 0) is 0 Å². The Labute approximate surface area is 326 Å². The summed E-state index contributed by atoms with van der Waals surface area (Å²) in [6, 6.07) is 25.6. The van der Waals surface area contributed by atoms with Gasteiger partial charge in [0.2, 0.25) is 0 Å². The van der Waals surface area contributed by atoms with Gasteiger partial charge in [0.25, 0.3) is 5.91 Å². The van der Waals surface area contributed by atoms with Crippen molar-refractivity contribution in [3.63, 3.8) is 0 Å². The standard InChI is InChI=1S/C35H48ClNO3.C11H9ClO/c1-3-5-7-9-11-13-19-27(20-14-12-10-8-6-4-2)26-40-33-24-18-17-23-32(33)37-35(39)30-25-31(36)28-21-15-16-22-29(28)34(30)38;1-7-6-10(12)8-4-2-3-5-9(8)11(7)13/h15-18,21-25,27,38H,3-14,19-20,26H2,1-2H3,(H,37,39);2-6,13H,1H3. The summed E-state index contributed by atoms with van der Waals surface area (Å²) in [5.41, 5.74) is 1.54. The van der Waals surface area contributed by atoms with Gasteiger partial charge in [-0.1, -0.05) is 175 Å². The first kappa shape index (κ1) is 41.8. The maximum absolute atomic E-state index is 13.2. The summed E-state index contributed by atoms with van der Waals surface area (Å²) in [5, 5.41) is 27.6. The third kappa shape index (κ3) is 12.6. The molecule has 0 bridgehead atoms. The van der Waals surface area contributed by atoms with Crippen molar-refractivity contribution in [3.8, 4) is 17.2 Å². The Morgan fingerprint density at radius 2 is 1.11 bits per heavy atom. The van der Waals surface area contributed by atoms with Gasteiger partial charge in [-0.2, -0.15) is 0 Å². The molecule has 0 heterocycles. The van der Waals surface area contributed by atoms with E-state index < -0.39 is 5.91 Å². The van der Waals surface area contributed by atoms with Gasteiger partial charge < -0.3 is 20.3 Å². The number of benzene rings is 5. The zero-order valence-electron chi connectivity index (χ0n) is 31.7. The number of anilines is 1. The third-order valence-corrected chi connectivity index (χ3v) is 10.5. The molecule has 0 aliphatic heterocycles. The SMILES string of the molecule is CCCCCCCCC(CCCCCCCC)COc1ccccc1NC(=O)c1cc(Cl)c2ccccc2c1O.Cc1cc(Cl)c2ccccc2c1O. The fourth-order valence-corrected chi connectivity index (χ4v) is 7.37. The minimum atomic E-state index is -0.420. The number of unbranched alkanes of at least 4 members (excludes halogenated alkanes) is 10. The van der Waals surface area contributed by atoms with Crippen LogP contribution in [-0.4, -0.2) is 22.7 Å². The summed E-state index contributed by atoms with van der Waals surface area (Å²) >= 11 is 12.5. The van der Waals surface area contributed by atoms with Crippen LogP contribution in [0.5, 0.6) is 17.2 Å². The number of phenols is 2. The number of amides is 1. The van der Waals surface area contributed by atoms with E-state index in [1.807, 2.05) is 73.7 Å². The lowest BCUT2D eigenvalue weighted by atomic mass is 9.94. The van der Waals surface area contributed by atoms with Crippen molar-refractivity contribution in [2.45, 2.75) is 111 Å². The van der Waals surface area contributed by atoms with Crippen molar-refractivity contribution < 1.29 is 19.7 Å². The number of rotatable bonds is 19. The number of aryl methyl sites for hydroxylation is 1. The number of hydrogen-bond donors (Lipinski definition) is 3. The molecular weight excluding hydrogens is 701 g/mol. The molecule has 0 aliphatic carbocycles. The molecule has 5 aromatic rings. The number of carbonyl (C=O) groups excluding carboxylic acids is 1. The first-order valence-electron chi connectivity index (χ1n) is 19.5. The number of nitrogens with one attached hydrogen (secondary N) is 1. The lowest BCUT2D eigenvalue weighted by molar-refractivity contribution is 0.102. The summed E-state index contributed by atoms with van der Waals surface area (Å²) in [5.74, 6) is 0.980. The maximum Gasteiger partial charge on any atom is 0.259 e. The van der Waals surface area contributed by atoms with Crippen molar-refractivity contribution >= 4 is 56.3 Å². The molecule has 5 rings (SSSR count). The summed E-state index contributed by atoms with van der Waals surface area (Å²) in [6.07, 6.45) is 17.9. The molecule has 0 aromatic heterocycles. The lowest BCUT2D eigenvalue weighted by Crippen LogP contribution is -2.16. The van der Waals surface area contributed by atoms with E-state index in [9.17, 15) is 15.0 Å². The number of halogens is 2. The number of aromatic hydroxyl groups is 2. The minimum absolute atomic E-state index is 0.0752. The summed E-state index contributed by atoms with van der Waals surface area (Å²) < 4.78 is 6.35. The summed E-state index contributed by atoms with van der Waals surface area (Å²) in [4.78, 5) is 13.2. The Morgan fingerprint density at radius 1 is 0.642 bits per heavy atom. The normalized spacial score (nSPS) is 11.1. The summed E-state index contributed by atoms with van der Waals surface area (Å²) in [6.45, 7) is 7.00. The van der Waals surface area contributed by atoms with Gasteiger partial charge in [0.15, 0.2) is 0 Å². The first-order valence-corrected chi connectivity index (χ1v) is 20.3. The second-order valence-corrected chi connectivity index (χ2v) is 14.9. The number of phenolic OH excluding ortho intramolecular Hbond substituents is 2. The van der Waals surface area contributed by atoms with E-state index in [-0.39, 0.29) is 11.3 Å².